The first-order valence-corrected chi connectivity index (χ1v) is 6.71. The molecule has 0 aliphatic rings. The maximum absolute atomic E-state index is 2.12. The van der Waals surface area contributed by atoms with Crippen molar-refractivity contribution < 1.29 is 21.1 Å². The zero-order chi connectivity index (χ0) is 13.8. The zero-order valence-corrected chi connectivity index (χ0v) is 14.4. The molecule has 0 spiro atoms. The summed E-state index contributed by atoms with van der Waals surface area (Å²) in [7, 11) is 0. The summed E-state index contributed by atoms with van der Waals surface area (Å²) in [5.41, 5.74) is 2.55. The molecule has 2 aromatic carbocycles. The summed E-state index contributed by atoms with van der Waals surface area (Å²) in [4.78, 5) is 0. The SMILES string of the molecule is CC=CCC=CC.[Pt].c1ccc(-c2ccccc2)cc1. The van der Waals surface area contributed by atoms with E-state index in [0.717, 1.165) is 6.42 Å². The Kier molecular flexibility index (Phi) is 11.8. The van der Waals surface area contributed by atoms with Crippen molar-refractivity contribution in [3.05, 3.63) is 85.0 Å². The molecule has 2 rings (SSSR count). The van der Waals surface area contributed by atoms with E-state index in [4.69, 9.17) is 0 Å². The predicted octanol–water partition coefficient (Wildman–Crippen LogP) is 5.88. The van der Waals surface area contributed by atoms with E-state index in [1.54, 1.807) is 0 Å². The molecule has 20 heavy (non-hydrogen) atoms. The van der Waals surface area contributed by atoms with E-state index in [1.165, 1.54) is 11.1 Å². The minimum atomic E-state index is 0. The minimum Gasteiger partial charge on any atom is -0.0914 e. The van der Waals surface area contributed by atoms with E-state index in [0.29, 0.717) is 0 Å². The van der Waals surface area contributed by atoms with Gasteiger partial charge in [-0.05, 0) is 31.4 Å². The molecule has 0 bridgehead atoms. The molecule has 0 nitrogen and oxygen atoms in total. The normalized spacial score (nSPS) is 9.90. The predicted molar refractivity (Wildman–Crippen MR) is 86.1 cm³/mol. The van der Waals surface area contributed by atoms with Crippen LogP contribution < -0.4 is 0 Å². The fourth-order valence-electron chi connectivity index (χ4n) is 1.61. The van der Waals surface area contributed by atoms with Crippen LogP contribution in [0, 0.1) is 0 Å². The Morgan fingerprint density at radius 1 is 0.650 bits per heavy atom. The molecular weight excluding hydrogens is 423 g/mol. The molecule has 0 fully saturated rings. The van der Waals surface area contributed by atoms with Crippen molar-refractivity contribution in [2.75, 3.05) is 0 Å². The van der Waals surface area contributed by atoms with Crippen molar-refractivity contribution in [1.82, 2.24) is 0 Å². The summed E-state index contributed by atoms with van der Waals surface area (Å²) in [6.45, 7) is 4.06. The third-order valence-corrected chi connectivity index (χ3v) is 2.62. The molecule has 0 aliphatic heterocycles. The van der Waals surface area contributed by atoms with Crippen LogP contribution in [-0.4, -0.2) is 0 Å². The Morgan fingerprint density at radius 3 is 1.30 bits per heavy atom. The Morgan fingerprint density at radius 2 is 1.00 bits per heavy atom. The van der Waals surface area contributed by atoms with Crippen LogP contribution in [0.2, 0.25) is 0 Å². The molecule has 0 aliphatic carbocycles. The van der Waals surface area contributed by atoms with E-state index in [9.17, 15) is 0 Å². The molecule has 0 atom stereocenters. The maximum Gasteiger partial charge on any atom is 0 e. The number of hydrogen-bond donors (Lipinski definition) is 0. The molecule has 0 N–H and O–H groups in total. The molecule has 0 aromatic heterocycles. The average molecular weight is 445 g/mol. The van der Waals surface area contributed by atoms with E-state index >= 15 is 0 Å². The number of benzene rings is 2. The first-order chi connectivity index (χ1) is 9.38. The molecule has 1 heteroatoms. The summed E-state index contributed by atoms with van der Waals surface area (Å²) in [6, 6.07) is 20.8. The van der Waals surface area contributed by atoms with E-state index < -0.39 is 0 Å². The summed E-state index contributed by atoms with van der Waals surface area (Å²) >= 11 is 0. The van der Waals surface area contributed by atoms with Crippen LogP contribution in [0.5, 0.6) is 0 Å². The van der Waals surface area contributed by atoms with Gasteiger partial charge in [0.15, 0.2) is 0 Å². The summed E-state index contributed by atoms with van der Waals surface area (Å²) in [6.07, 6.45) is 9.44. The fourth-order valence-corrected chi connectivity index (χ4v) is 1.61. The van der Waals surface area contributed by atoms with Crippen molar-refractivity contribution in [2.24, 2.45) is 0 Å². The maximum atomic E-state index is 2.12. The van der Waals surface area contributed by atoms with E-state index in [-0.39, 0.29) is 21.1 Å². The van der Waals surface area contributed by atoms with Gasteiger partial charge < -0.3 is 0 Å². The Hall–Kier alpha value is -1.39. The van der Waals surface area contributed by atoms with Gasteiger partial charge in [0.1, 0.15) is 0 Å². The van der Waals surface area contributed by atoms with Crippen LogP contribution in [0.15, 0.2) is 85.0 Å². The zero-order valence-electron chi connectivity index (χ0n) is 12.1. The molecule has 0 heterocycles. The van der Waals surface area contributed by atoms with Crippen LogP contribution >= 0.6 is 0 Å². The van der Waals surface area contributed by atoms with Gasteiger partial charge >= 0.3 is 0 Å². The number of rotatable bonds is 3. The average Bonchev–Trinajstić information content (AvgIpc) is 2.50. The monoisotopic (exact) mass is 445 g/mol. The van der Waals surface area contributed by atoms with Crippen LogP contribution in [0.3, 0.4) is 0 Å². The van der Waals surface area contributed by atoms with Gasteiger partial charge in [0, 0.05) is 21.1 Å². The molecule has 0 saturated heterocycles. The minimum absolute atomic E-state index is 0. The van der Waals surface area contributed by atoms with Crippen LogP contribution in [-0.2, 0) is 21.1 Å². The first kappa shape index (κ1) is 18.6. The van der Waals surface area contributed by atoms with Gasteiger partial charge in [-0.2, -0.15) is 0 Å². The fraction of sp³-hybridized carbons (Fsp3) is 0.158. The van der Waals surface area contributed by atoms with Crippen LogP contribution in [0.4, 0.5) is 0 Å². The second-order valence-corrected chi connectivity index (χ2v) is 4.11. The molecular formula is C19H22Pt. The van der Waals surface area contributed by atoms with Crippen LogP contribution in [0.1, 0.15) is 20.3 Å². The standard InChI is InChI=1S/C12H10.C7H12.Pt/c1-3-7-11(8-4-1)12-9-5-2-6-10-12;1-3-5-7-6-4-2;/h1-10H;3-6H,7H2,1-2H3;. The van der Waals surface area contributed by atoms with Crippen molar-refractivity contribution >= 4 is 0 Å². The van der Waals surface area contributed by atoms with Gasteiger partial charge in [0.05, 0.1) is 0 Å². The largest absolute Gasteiger partial charge is 0.0914 e. The molecule has 0 saturated carbocycles. The first-order valence-electron chi connectivity index (χ1n) is 6.71. The third-order valence-electron chi connectivity index (χ3n) is 2.62. The van der Waals surface area contributed by atoms with Gasteiger partial charge in [-0.3, -0.25) is 0 Å². The van der Waals surface area contributed by atoms with Crippen molar-refractivity contribution in [1.29, 1.82) is 0 Å². The molecule has 0 amide bonds. The smallest absolute Gasteiger partial charge is 0 e. The van der Waals surface area contributed by atoms with Gasteiger partial charge in [-0.1, -0.05) is 85.0 Å². The third kappa shape index (κ3) is 7.92. The molecule has 0 unspecified atom stereocenters. The van der Waals surface area contributed by atoms with Crippen LogP contribution in [0.25, 0.3) is 11.1 Å². The second kappa shape index (κ2) is 12.6. The van der Waals surface area contributed by atoms with Gasteiger partial charge in [-0.25, -0.2) is 0 Å². The van der Waals surface area contributed by atoms with Gasteiger partial charge in [-0.15, -0.1) is 0 Å². The van der Waals surface area contributed by atoms with Gasteiger partial charge in [0.2, 0.25) is 0 Å². The van der Waals surface area contributed by atoms with Crippen molar-refractivity contribution in [3.63, 3.8) is 0 Å². The molecule has 108 valence electrons. The quantitative estimate of drug-likeness (QED) is 0.518. The number of allylic oxidation sites excluding steroid dienone is 4. The summed E-state index contributed by atoms with van der Waals surface area (Å²) < 4.78 is 0. The Labute approximate surface area is 137 Å². The summed E-state index contributed by atoms with van der Waals surface area (Å²) in [5, 5.41) is 0. The molecule has 0 radical (unpaired) electrons. The topological polar surface area (TPSA) is 0 Å². The Bertz CT molecular complexity index is 436. The molecule has 2 aromatic rings. The van der Waals surface area contributed by atoms with E-state index in [1.807, 2.05) is 26.0 Å². The van der Waals surface area contributed by atoms with Crippen molar-refractivity contribution in [2.45, 2.75) is 20.3 Å². The van der Waals surface area contributed by atoms with Crippen molar-refractivity contribution in [3.8, 4) is 11.1 Å². The second-order valence-electron chi connectivity index (χ2n) is 4.11. The van der Waals surface area contributed by atoms with E-state index in [2.05, 4.69) is 72.8 Å². The Balaban J connectivity index is 0.000000396. The summed E-state index contributed by atoms with van der Waals surface area (Å²) in [5.74, 6) is 0. The number of hydrogen-bond acceptors (Lipinski definition) is 0. The van der Waals surface area contributed by atoms with Gasteiger partial charge in [0.25, 0.3) is 0 Å².